The molecule has 0 aliphatic carbocycles. The lowest BCUT2D eigenvalue weighted by molar-refractivity contribution is 0.395. The van der Waals surface area contributed by atoms with Crippen LogP contribution in [0.5, 0.6) is 17.2 Å². The van der Waals surface area contributed by atoms with Crippen LogP contribution in [0.15, 0.2) is 48.7 Å². The van der Waals surface area contributed by atoms with E-state index in [9.17, 15) is 0 Å². The van der Waals surface area contributed by atoms with Crippen molar-refractivity contribution in [2.75, 3.05) is 32.0 Å². The molecule has 0 aliphatic heterocycles. The Kier molecular flexibility index (Phi) is 5.83. The van der Waals surface area contributed by atoms with Gasteiger partial charge in [-0.15, -0.1) is 0 Å². The van der Waals surface area contributed by atoms with Gasteiger partial charge in [0.05, 0.1) is 32.0 Å². The minimum absolute atomic E-state index is 0.425. The van der Waals surface area contributed by atoms with Crippen molar-refractivity contribution in [3.05, 3.63) is 53.7 Å². The summed E-state index contributed by atoms with van der Waals surface area (Å²) in [4.78, 5) is 8.69. The number of rotatable bonds is 7. The van der Waals surface area contributed by atoms with Crippen LogP contribution in [0.3, 0.4) is 0 Å². The zero-order chi connectivity index (χ0) is 19.2. The van der Waals surface area contributed by atoms with E-state index >= 15 is 0 Å². The molecule has 0 radical (unpaired) electrons. The summed E-state index contributed by atoms with van der Waals surface area (Å²) in [5, 5.41) is 6.83. The molecule has 0 bridgehead atoms. The molecule has 0 aliphatic rings. The maximum absolute atomic E-state index is 6.15. The summed E-state index contributed by atoms with van der Waals surface area (Å²) in [6, 6.07) is 12.6. The summed E-state index contributed by atoms with van der Waals surface area (Å²) >= 11 is 6.15. The Morgan fingerprint density at radius 2 is 1.67 bits per heavy atom. The lowest BCUT2D eigenvalue weighted by Crippen LogP contribution is -2.01. The Morgan fingerprint density at radius 3 is 2.37 bits per heavy atom. The summed E-state index contributed by atoms with van der Waals surface area (Å²) in [6.07, 6.45) is 1.65. The Labute approximate surface area is 162 Å². The highest BCUT2D eigenvalue weighted by Gasteiger charge is 2.08. The van der Waals surface area contributed by atoms with Crippen LogP contribution in [0.2, 0.25) is 5.02 Å². The summed E-state index contributed by atoms with van der Waals surface area (Å²) in [5.41, 5.74) is 1.51. The Balaban J connectivity index is 1.79. The first-order valence-electron chi connectivity index (χ1n) is 8.05. The first kappa shape index (κ1) is 18.6. The second-order valence-electron chi connectivity index (χ2n) is 5.43. The van der Waals surface area contributed by atoms with E-state index < -0.39 is 0 Å². The van der Waals surface area contributed by atoms with Gasteiger partial charge in [-0.25, -0.2) is 4.98 Å². The molecule has 3 rings (SSSR count). The van der Waals surface area contributed by atoms with E-state index in [0.29, 0.717) is 34.0 Å². The summed E-state index contributed by atoms with van der Waals surface area (Å²) in [6.45, 7) is 0. The molecular formula is C19H19ClN4O3. The van der Waals surface area contributed by atoms with Gasteiger partial charge in [0.2, 0.25) is 5.95 Å². The van der Waals surface area contributed by atoms with Crippen molar-refractivity contribution in [1.29, 1.82) is 0 Å². The Hall–Kier alpha value is -3.19. The van der Waals surface area contributed by atoms with Crippen molar-refractivity contribution in [3.63, 3.8) is 0 Å². The molecule has 2 N–H and O–H groups in total. The van der Waals surface area contributed by atoms with Crippen molar-refractivity contribution >= 4 is 34.7 Å². The fourth-order valence-electron chi connectivity index (χ4n) is 2.40. The zero-order valence-electron chi connectivity index (χ0n) is 15.1. The summed E-state index contributed by atoms with van der Waals surface area (Å²) < 4.78 is 15.8. The Morgan fingerprint density at radius 1 is 0.852 bits per heavy atom. The van der Waals surface area contributed by atoms with E-state index in [4.69, 9.17) is 25.8 Å². The van der Waals surface area contributed by atoms with Crippen LogP contribution in [0.25, 0.3) is 0 Å². The molecule has 2 aromatic carbocycles. The van der Waals surface area contributed by atoms with Crippen molar-refractivity contribution in [2.45, 2.75) is 0 Å². The maximum Gasteiger partial charge on any atom is 0.229 e. The zero-order valence-corrected chi connectivity index (χ0v) is 15.9. The lowest BCUT2D eigenvalue weighted by Gasteiger charge is -2.13. The van der Waals surface area contributed by atoms with Crippen molar-refractivity contribution in [1.82, 2.24) is 9.97 Å². The predicted octanol–water partition coefficient (Wildman–Crippen LogP) is 4.64. The van der Waals surface area contributed by atoms with Gasteiger partial charge in [-0.2, -0.15) is 4.98 Å². The van der Waals surface area contributed by atoms with Gasteiger partial charge >= 0.3 is 0 Å². The minimum atomic E-state index is 0.425. The molecule has 8 heteroatoms. The van der Waals surface area contributed by atoms with E-state index in [0.717, 1.165) is 11.4 Å². The van der Waals surface area contributed by atoms with Crippen molar-refractivity contribution < 1.29 is 14.2 Å². The molecule has 1 aromatic heterocycles. The van der Waals surface area contributed by atoms with Crippen LogP contribution >= 0.6 is 11.6 Å². The monoisotopic (exact) mass is 386 g/mol. The number of anilines is 4. The number of hydrogen-bond donors (Lipinski definition) is 2. The molecule has 27 heavy (non-hydrogen) atoms. The topological polar surface area (TPSA) is 77.5 Å². The Bertz CT molecular complexity index is 937. The third kappa shape index (κ3) is 4.51. The van der Waals surface area contributed by atoms with E-state index in [1.165, 1.54) is 0 Å². The normalized spacial score (nSPS) is 10.2. The predicted molar refractivity (Wildman–Crippen MR) is 106 cm³/mol. The van der Waals surface area contributed by atoms with E-state index in [-0.39, 0.29) is 0 Å². The van der Waals surface area contributed by atoms with Crippen molar-refractivity contribution in [2.24, 2.45) is 0 Å². The summed E-state index contributed by atoms with van der Waals surface area (Å²) in [5.74, 6) is 2.98. The molecule has 7 nitrogen and oxygen atoms in total. The second kappa shape index (κ2) is 8.46. The lowest BCUT2D eigenvalue weighted by atomic mass is 10.2. The van der Waals surface area contributed by atoms with Gasteiger partial charge in [-0.3, -0.25) is 0 Å². The quantitative estimate of drug-likeness (QED) is 0.612. The smallest absolute Gasteiger partial charge is 0.229 e. The highest BCUT2D eigenvalue weighted by molar-refractivity contribution is 6.32. The van der Waals surface area contributed by atoms with Crippen LogP contribution in [-0.2, 0) is 0 Å². The molecule has 0 amide bonds. The molecule has 1 heterocycles. The van der Waals surface area contributed by atoms with Crippen LogP contribution in [-0.4, -0.2) is 31.3 Å². The average Bonchev–Trinajstić information content (AvgIpc) is 2.69. The molecule has 0 unspecified atom stereocenters. The standard InChI is InChI=1S/C19H19ClN4O3/c1-25-13-5-6-15(17(11-13)27-3)23-18-8-9-21-19(24-18)22-12-4-7-16(26-2)14(20)10-12/h4-11H,1-3H3,(H2,21,22,23,24). The molecule has 0 spiro atoms. The van der Waals surface area contributed by atoms with Crippen molar-refractivity contribution in [3.8, 4) is 17.2 Å². The SMILES string of the molecule is COc1ccc(Nc2ccnc(Nc3ccc(OC)c(Cl)c3)n2)c(OC)c1. The highest BCUT2D eigenvalue weighted by atomic mass is 35.5. The van der Waals surface area contributed by atoms with Gasteiger partial charge in [0.25, 0.3) is 0 Å². The van der Waals surface area contributed by atoms with E-state index in [2.05, 4.69) is 20.6 Å². The van der Waals surface area contributed by atoms with Crippen LogP contribution in [0.4, 0.5) is 23.1 Å². The van der Waals surface area contributed by atoms with Crippen LogP contribution < -0.4 is 24.8 Å². The van der Waals surface area contributed by atoms with Gasteiger partial charge in [0.15, 0.2) is 0 Å². The number of nitrogens with zero attached hydrogens (tertiary/aromatic N) is 2. The van der Waals surface area contributed by atoms with Gasteiger partial charge in [0, 0.05) is 18.0 Å². The van der Waals surface area contributed by atoms with Gasteiger partial charge in [-0.1, -0.05) is 11.6 Å². The number of benzene rings is 2. The number of nitrogens with one attached hydrogen (secondary N) is 2. The van der Waals surface area contributed by atoms with Gasteiger partial charge in [-0.05, 0) is 36.4 Å². The molecule has 0 saturated carbocycles. The second-order valence-corrected chi connectivity index (χ2v) is 5.84. The molecule has 0 fully saturated rings. The maximum atomic E-state index is 6.15. The molecule has 0 saturated heterocycles. The fraction of sp³-hybridized carbons (Fsp3) is 0.158. The minimum Gasteiger partial charge on any atom is -0.497 e. The average molecular weight is 387 g/mol. The van der Waals surface area contributed by atoms with E-state index in [1.54, 1.807) is 51.8 Å². The molecule has 0 atom stereocenters. The highest BCUT2D eigenvalue weighted by Crippen LogP contribution is 2.31. The fourth-order valence-corrected chi connectivity index (χ4v) is 2.66. The van der Waals surface area contributed by atoms with E-state index in [1.807, 2.05) is 18.2 Å². The first-order valence-corrected chi connectivity index (χ1v) is 8.43. The number of hydrogen-bond acceptors (Lipinski definition) is 7. The molecular weight excluding hydrogens is 368 g/mol. The van der Waals surface area contributed by atoms with Gasteiger partial charge in [0.1, 0.15) is 23.1 Å². The number of aromatic nitrogens is 2. The van der Waals surface area contributed by atoms with Gasteiger partial charge < -0.3 is 24.8 Å². The largest absolute Gasteiger partial charge is 0.497 e. The van der Waals surface area contributed by atoms with Crippen LogP contribution in [0, 0.1) is 0 Å². The summed E-state index contributed by atoms with van der Waals surface area (Å²) in [7, 11) is 4.77. The number of methoxy groups -OCH3 is 3. The molecule has 3 aromatic rings. The number of ether oxygens (including phenoxy) is 3. The molecule has 140 valence electrons. The third-order valence-electron chi connectivity index (χ3n) is 3.73. The van der Waals surface area contributed by atoms with Crippen LogP contribution in [0.1, 0.15) is 0 Å². The number of halogens is 1. The third-order valence-corrected chi connectivity index (χ3v) is 4.03. The first-order chi connectivity index (χ1) is 13.1.